The Balaban J connectivity index is 1.57. The fourth-order valence-electron chi connectivity index (χ4n) is 3.46. The van der Waals surface area contributed by atoms with E-state index in [0.717, 1.165) is 6.07 Å². The Labute approximate surface area is 148 Å². The van der Waals surface area contributed by atoms with Crippen LogP contribution in [-0.2, 0) is 0 Å². The lowest BCUT2D eigenvalue weighted by Crippen LogP contribution is -2.50. The number of carbonyl (C=O) groups is 1. The predicted molar refractivity (Wildman–Crippen MR) is 89.9 cm³/mol. The highest BCUT2D eigenvalue weighted by molar-refractivity contribution is 5.79. The number of nitrogens with zero attached hydrogens (tertiary/aromatic N) is 3. The van der Waals surface area contributed by atoms with E-state index in [9.17, 15) is 18.0 Å². The summed E-state index contributed by atoms with van der Waals surface area (Å²) in [6.07, 6.45) is 2.57. The van der Waals surface area contributed by atoms with Crippen molar-refractivity contribution >= 4 is 12.2 Å². The van der Waals surface area contributed by atoms with Crippen molar-refractivity contribution in [3.8, 4) is 0 Å². The van der Waals surface area contributed by atoms with E-state index in [2.05, 4.69) is 5.10 Å². The molecule has 0 saturated carbocycles. The molecular formula is C19H16F3N3O. The summed E-state index contributed by atoms with van der Waals surface area (Å²) in [6.45, 7) is 0.480. The van der Waals surface area contributed by atoms with E-state index in [0.29, 0.717) is 30.5 Å². The summed E-state index contributed by atoms with van der Waals surface area (Å²) >= 11 is 0. The van der Waals surface area contributed by atoms with E-state index in [1.807, 2.05) is 0 Å². The van der Waals surface area contributed by atoms with Crippen LogP contribution in [0.4, 0.5) is 18.0 Å². The molecule has 2 atom stereocenters. The molecule has 1 fully saturated rings. The molecule has 0 aromatic heterocycles. The number of carbonyl (C=O) groups excluding carboxylic acids is 1. The topological polar surface area (TPSA) is 35.9 Å². The molecule has 1 saturated heterocycles. The van der Waals surface area contributed by atoms with E-state index in [1.54, 1.807) is 24.4 Å². The van der Waals surface area contributed by atoms with E-state index < -0.39 is 23.7 Å². The first-order valence-electron chi connectivity index (χ1n) is 8.37. The van der Waals surface area contributed by atoms with Gasteiger partial charge in [-0.3, -0.25) is 0 Å². The normalized spacial score (nSPS) is 21.8. The van der Waals surface area contributed by atoms with Crippen molar-refractivity contribution in [2.45, 2.75) is 24.9 Å². The van der Waals surface area contributed by atoms with Crippen molar-refractivity contribution in [2.75, 3.05) is 6.54 Å². The molecule has 0 radical (unpaired) electrons. The Hall–Kier alpha value is -2.83. The zero-order valence-corrected chi connectivity index (χ0v) is 13.8. The summed E-state index contributed by atoms with van der Waals surface area (Å²) in [4.78, 5) is 14.4. The summed E-state index contributed by atoms with van der Waals surface area (Å²) in [5.74, 6) is -1.76. The highest BCUT2D eigenvalue weighted by Gasteiger charge is 2.40. The molecule has 4 nitrogen and oxygen atoms in total. The molecule has 0 N–H and O–H groups in total. The van der Waals surface area contributed by atoms with E-state index >= 15 is 0 Å². The van der Waals surface area contributed by atoms with Crippen LogP contribution in [0.1, 0.15) is 36.1 Å². The van der Waals surface area contributed by atoms with Crippen LogP contribution in [0.15, 0.2) is 47.6 Å². The fraction of sp³-hybridized carbons (Fsp3) is 0.263. The van der Waals surface area contributed by atoms with Crippen LogP contribution in [0.3, 0.4) is 0 Å². The summed E-state index contributed by atoms with van der Waals surface area (Å²) in [5.41, 5.74) is 0.806. The number of likely N-dealkylation sites (tertiary alicyclic amines) is 1. The van der Waals surface area contributed by atoms with Crippen LogP contribution < -0.4 is 0 Å². The molecule has 2 aromatic carbocycles. The molecule has 134 valence electrons. The molecule has 0 bridgehead atoms. The Bertz CT molecular complexity index is 866. The average molecular weight is 359 g/mol. The Morgan fingerprint density at radius 1 is 1.04 bits per heavy atom. The summed E-state index contributed by atoms with van der Waals surface area (Å²) in [7, 11) is 0. The van der Waals surface area contributed by atoms with Crippen molar-refractivity contribution < 1.29 is 18.0 Å². The quantitative estimate of drug-likeness (QED) is 0.783. The lowest BCUT2D eigenvalue weighted by atomic mass is 9.94. The Kier molecular flexibility index (Phi) is 4.14. The molecule has 4 rings (SSSR count). The van der Waals surface area contributed by atoms with Gasteiger partial charge in [0.25, 0.3) is 0 Å². The smallest absolute Gasteiger partial charge is 0.316 e. The van der Waals surface area contributed by atoms with E-state index in [1.165, 1.54) is 28.1 Å². The van der Waals surface area contributed by atoms with E-state index in [-0.39, 0.29) is 11.9 Å². The molecular weight excluding hydrogens is 343 g/mol. The second kappa shape index (κ2) is 6.48. The molecule has 0 spiro atoms. The molecule has 2 aliphatic rings. The molecule has 7 heteroatoms. The second-order valence-corrected chi connectivity index (χ2v) is 6.40. The summed E-state index contributed by atoms with van der Waals surface area (Å²) < 4.78 is 41.1. The number of hydrazone groups is 1. The van der Waals surface area contributed by atoms with Crippen LogP contribution in [-0.4, -0.2) is 28.7 Å². The van der Waals surface area contributed by atoms with Crippen molar-refractivity contribution in [1.82, 2.24) is 9.91 Å². The van der Waals surface area contributed by atoms with Crippen molar-refractivity contribution in [2.24, 2.45) is 5.10 Å². The molecule has 2 aliphatic heterocycles. The minimum atomic E-state index is -0.701. The number of amides is 2. The minimum Gasteiger partial charge on any atom is -0.316 e. The Morgan fingerprint density at radius 3 is 2.42 bits per heavy atom. The van der Waals surface area contributed by atoms with Crippen molar-refractivity contribution in [3.05, 3.63) is 71.0 Å². The van der Waals surface area contributed by atoms with Gasteiger partial charge in [-0.2, -0.15) is 5.10 Å². The Morgan fingerprint density at radius 2 is 1.77 bits per heavy atom. The molecule has 2 aromatic rings. The zero-order chi connectivity index (χ0) is 18.3. The van der Waals surface area contributed by atoms with Gasteiger partial charge in [-0.25, -0.2) is 23.0 Å². The first-order valence-corrected chi connectivity index (χ1v) is 8.37. The third-order valence-corrected chi connectivity index (χ3v) is 4.83. The lowest BCUT2D eigenvalue weighted by molar-refractivity contribution is 0.0757. The van der Waals surface area contributed by atoms with Crippen LogP contribution in [0.2, 0.25) is 0 Å². The van der Waals surface area contributed by atoms with Crippen LogP contribution in [0.25, 0.3) is 0 Å². The first kappa shape index (κ1) is 16.6. The predicted octanol–water partition coefficient (Wildman–Crippen LogP) is 4.40. The van der Waals surface area contributed by atoms with Gasteiger partial charge in [0.1, 0.15) is 17.5 Å². The van der Waals surface area contributed by atoms with Gasteiger partial charge in [0, 0.05) is 30.8 Å². The van der Waals surface area contributed by atoms with Gasteiger partial charge in [0.05, 0.1) is 12.1 Å². The number of hydrogen-bond acceptors (Lipinski definition) is 2. The first-order chi connectivity index (χ1) is 12.5. The van der Waals surface area contributed by atoms with Gasteiger partial charge in [-0.1, -0.05) is 18.2 Å². The molecule has 0 aliphatic carbocycles. The lowest BCUT2D eigenvalue weighted by Gasteiger charge is -2.43. The molecule has 2 heterocycles. The van der Waals surface area contributed by atoms with Crippen molar-refractivity contribution in [3.63, 3.8) is 0 Å². The van der Waals surface area contributed by atoms with Crippen LogP contribution in [0.5, 0.6) is 0 Å². The second-order valence-electron chi connectivity index (χ2n) is 6.40. The third kappa shape index (κ3) is 2.83. The number of rotatable bonds is 2. The van der Waals surface area contributed by atoms with E-state index in [4.69, 9.17) is 0 Å². The maximum absolute atomic E-state index is 14.0. The average Bonchev–Trinajstić information content (AvgIpc) is 3.05. The molecule has 26 heavy (non-hydrogen) atoms. The number of hydrogen-bond donors (Lipinski definition) is 0. The van der Waals surface area contributed by atoms with Gasteiger partial charge in [0.15, 0.2) is 0 Å². The largest absolute Gasteiger partial charge is 0.341 e. The highest BCUT2D eigenvalue weighted by Crippen LogP contribution is 2.38. The SMILES string of the molecule is O=C(N1CCC1c1ccccc1F)N1N=CC[C@H]1c1cc(F)cc(F)c1. The minimum absolute atomic E-state index is 0.344. The monoisotopic (exact) mass is 359 g/mol. The van der Waals surface area contributed by atoms with Gasteiger partial charge >= 0.3 is 6.03 Å². The van der Waals surface area contributed by atoms with Gasteiger partial charge in [0.2, 0.25) is 0 Å². The fourth-order valence-corrected chi connectivity index (χ4v) is 3.46. The maximum atomic E-state index is 14.0. The van der Waals surface area contributed by atoms with Gasteiger partial charge in [-0.15, -0.1) is 0 Å². The summed E-state index contributed by atoms with van der Waals surface area (Å²) in [6, 6.07) is 8.21. The summed E-state index contributed by atoms with van der Waals surface area (Å²) in [5, 5.41) is 5.31. The molecule has 2 amide bonds. The van der Waals surface area contributed by atoms with Crippen LogP contribution in [0, 0.1) is 17.5 Å². The molecule has 1 unspecified atom stereocenters. The number of halogens is 3. The number of urea groups is 1. The highest BCUT2D eigenvalue weighted by atomic mass is 19.1. The van der Waals surface area contributed by atoms with Gasteiger partial charge < -0.3 is 4.90 Å². The van der Waals surface area contributed by atoms with Crippen molar-refractivity contribution in [1.29, 1.82) is 0 Å². The zero-order valence-electron chi connectivity index (χ0n) is 13.8. The van der Waals surface area contributed by atoms with Crippen LogP contribution >= 0.6 is 0 Å². The third-order valence-electron chi connectivity index (χ3n) is 4.83. The van der Waals surface area contributed by atoms with Gasteiger partial charge in [-0.05, 0) is 30.2 Å². The maximum Gasteiger partial charge on any atom is 0.341 e. The standard InChI is InChI=1S/C19H16F3N3O/c20-13-9-12(10-14(21)11-13)17-5-7-23-25(17)19(26)24-8-6-18(24)15-3-1-2-4-16(15)22/h1-4,7,9-11,17-18H,5-6,8H2/t17-,18?/m0/s1. The number of benzene rings is 2.